The number of carbonyl (C=O) groups is 4. The van der Waals surface area contributed by atoms with Crippen molar-refractivity contribution in [3.63, 3.8) is 0 Å². The van der Waals surface area contributed by atoms with Gasteiger partial charge < -0.3 is 24.9 Å². The minimum absolute atomic E-state index is 0. The molecule has 0 aromatic rings. The topological polar surface area (TPSA) is 228 Å². The average Bonchev–Trinajstić information content (AvgIpc) is 3.22. The predicted molar refractivity (Wildman–Crippen MR) is 164 cm³/mol. The Labute approximate surface area is 304 Å². The molecule has 0 saturated heterocycles. The first-order valence-electron chi connectivity index (χ1n) is 15.8. The number of hydrogen-bond acceptors (Lipinski definition) is 14. The monoisotopic (exact) mass is 730 g/mol. The summed E-state index contributed by atoms with van der Waals surface area (Å²) in [7, 11) is -6.80. The van der Waals surface area contributed by atoms with Gasteiger partial charge in [0.15, 0.2) is 12.4 Å². The van der Waals surface area contributed by atoms with Gasteiger partial charge in [0.1, 0.15) is 5.60 Å². The summed E-state index contributed by atoms with van der Waals surface area (Å²) in [5.41, 5.74) is -1.71. The fourth-order valence-electron chi connectivity index (χ4n) is 8.32. The number of Topliss-reactive ketones (excluding diaryl/α,β-unsaturated/α-hetero) is 1. The molecule has 0 radical (unpaired) electrons. The van der Waals surface area contributed by atoms with Gasteiger partial charge in [0.2, 0.25) is 5.78 Å². The first-order chi connectivity index (χ1) is 21.6. The van der Waals surface area contributed by atoms with E-state index in [0.717, 1.165) is 30.9 Å². The van der Waals surface area contributed by atoms with Crippen LogP contribution < -0.4 is 34.7 Å². The molecule has 17 heteroatoms. The maximum atomic E-state index is 13.1. The van der Waals surface area contributed by atoms with E-state index in [9.17, 15) is 51.3 Å². The Bertz CT molecular complexity index is 1420. The molecule has 4 aliphatic carbocycles. The standard InChI is InChI=1S/C25H34O8.C6H14O6S2.Na/c1-23-9-7-15(26)11-14(23)3-4-16-17-8-10-25(32,24(17,2)12-18(27)22(16)23)19(28)13-33-21(31)6-5-20(29)30;1-13(7,8)11-5-3-4-6-12-14(2,9)10;/h11,16-18,22,27,32H,3-10,12-13H2,1-2H3,(H,29,30);3-6H2,1-2H3;/q;;+1/p-1/t16-,17-,18-,22+,23-,24-,25-;;/m0../s1. The van der Waals surface area contributed by atoms with Crippen molar-refractivity contribution >= 4 is 43.7 Å². The van der Waals surface area contributed by atoms with E-state index in [-0.39, 0.29) is 84.6 Å². The van der Waals surface area contributed by atoms with Gasteiger partial charge in [-0.2, -0.15) is 16.8 Å². The second kappa shape index (κ2) is 16.9. The molecular weight excluding hydrogens is 683 g/mol. The van der Waals surface area contributed by atoms with E-state index in [1.165, 1.54) is 0 Å². The van der Waals surface area contributed by atoms with E-state index in [4.69, 9.17) is 4.74 Å². The normalized spacial score (nSPS) is 32.6. The number of carboxylic acid groups (broad SMARTS) is 1. The quantitative estimate of drug-likeness (QED) is 0.0871. The van der Waals surface area contributed by atoms with Crippen molar-refractivity contribution in [1.29, 1.82) is 0 Å². The van der Waals surface area contributed by atoms with Gasteiger partial charge >= 0.3 is 35.5 Å². The van der Waals surface area contributed by atoms with Gasteiger partial charge in [-0.3, -0.25) is 22.7 Å². The van der Waals surface area contributed by atoms with Crippen molar-refractivity contribution in [2.24, 2.45) is 28.6 Å². The van der Waals surface area contributed by atoms with Gasteiger partial charge in [-0.1, -0.05) is 19.4 Å². The summed E-state index contributed by atoms with van der Waals surface area (Å²) in [6, 6.07) is 0. The number of esters is 1. The minimum atomic E-state index is -3.40. The van der Waals surface area contributed by atoms with Crippen LogP contribution in [0.2, 0.25) is 0 Å². The van der Waals surface area contributed by atoms with Crippen LogP contribution in [0.1, 0.15) is 84.5 Å². The number of aliphatic hydroxyl groups excluding tert-OH is 1. The second-order valence-electron chi connectivity index (χ2n) is 13.7. The van der Waals surface area contributed by atoms with Crippen molar-refractivity contribution in [1.82, 2.24) is 0 Å². The molecule has 3 fully saturated rings. The molecule has 0 spiro atoms. The Kier molecular flexibility index (Phi) is 15.1. The number of fused-ring (bicyclic) bond motifs is 5. The predicted octanol–water partition coefficient (Wildman–Crippen LogP) is -2.41. The van der Waals surface area contributed by atoms with E-state index in [2.05, 4.69) is 15.3 Å². The smallest absolute Gasteiger partial charge is 0.550 e. The molecule has 0 aromatic carbocycles. The largest absolute Gasteiger partial charge is 1.00 e. The van der Waals surface area contributed by atoms with Crippen LogP contribution in [0, 0.1) is 28.6 Å². The van der Waals surface area contributed by atoms with Crippen molar-refractivity contribution < 1.29 is 94.0 Å². The fourth-order valence-corrected chi connectivity index (χ4v) is 9.16. The minimum Gasteiger partial charge on any atom is -0.550 e. The molecule has 4 rings (SSSR count). The van der Waals surface area contributed by atoms with E-state index < -0.39 is 74.5 Å². The number of ether oxygens (including phenoxy) is 1. The third-order valence-corrected chi connectivity index (χ3v) is 11.7. The number of carboxylic acids is 1. The van der Waals surface area contributed by atoms with Crippen LogP contribution in [-0.2, 0) is 52.5 Å². The van der Waals surface area contributed by atoms with Crippen molar-refractivity contribution in [2.45, 2.75) is 96.2 Å². The number of carbonyl (C=O) groups excluding carboxylic acids is 4. The van der Waals surface area contributed by atoms with Crippen LogP contribution in [-0.4, -0.2) is 94.6 Å². The van der Waals surface area contributed by atoms with E-state index >= 15 is 0 Å². The van der Waals surface area contributed by atoms with Gasteiger partial charge in [-0.05, 0) is 87.0 Å². The summed E-state index contributed by atoms with van der Waals surface area (Å²) >= 11 is 0. The zero-order valence-electron chi connectivity index (χ0n) is 28.4. The summed E-state index contributed by atoms with van der Waals surface area (Å²) < 4.78 is 55.7. The first kappa shape index (κ1) is 42.9. The molecule has 0 unspecified atom stereocenters. The Balaban J connectivity index is 0.000000454. The number of allylic oxidation sites excluding steroid dienone is 1. The Morgan fingerprint density at radius 2 is 1.54 bits per heavy atom. The molecule has 2 N–H and O–H groups in total. The molecule has 14 nitrogen and oxygen atoms in total. The van der Waals surface area contributed by atoms with Crippen molar-refractivity contribution in [3.8, 4) is 0 Å². The van der Waals surface area contributed by atoms with Crippen LogP contribution in [0.15, 0.2) is 11.6 Å². The molecule has 4 aliphatic rings. The summed E-state index contributed by atoms with van der Waals surface area (Å²) in [5.74, 6) is -2.53. The van der Waals surface area contributed by atoms with E-state index in [0.29, 0.717) is 32.1 Å². The van der Waals surface area contributed by atoms with Crippen LogP contribution in [0.25, 0.3) is 0 Å². The van der Waals surface area contributed by atoms with Gasteiger partial charge in [0, 0.05) is 17.8 Å². The average molecular weight is 731 g/mol. The maximum absolute atomic E-state index is 13.1. The molecule has 0 heterocycles. The fraction of sp³-hybridized carbons (Fsp3) is 0.806. The molecule has 0 aromatic heterocycles. The molecule has 48 heavy (non-hydrogen) atoms. The third-order valence-electron chi connectivity index (χ3n) is 10.5. The van der Waals surface area contributed by atoms with Crippen molar-refractivity contribution in [2.75, 3.05) is 32.3 Å². The van der Waals surface area contributed by atoms with Crippen LogP contribution >= 0.6 is 0 Å². The zero-order valence-corrected chi connectivity index (χ0v) is 32.0. The second-order valence-corrected chi connectivity index (χ2v) is 17.0. The number of aliphatic hydroxyl groups is 2. The van der Waals surface area contributed by atoms with E-state index in [1.807, 2.05) is 6.92 Å². The molecule has 7 atom stereocenters. The molecule has 268 valence electrons. The number of hydrogen-bond donors (Lipinski definition) is 2. The first-order valence-corrected chi connectivity index (χ1v) is 19.5. The zero-order chi connectivity index (χ0) is 35.4. The number of ketones is 2. The van der Waals surface area contributed by atoms with Gasteiger partial charge in [0.05, 0.1) is 38.3 Å². The van der Waals surface area contributed by atoms with Gasteiger partial charge in [0.25, 0.3) is 20.2 Å². The molecule has 0 amide bonds. The molecular formula is C31H47NaO14S2. The third kappa shape index (κ3) is 10.4. The van der Waals surface area contributed by atoms with Crippen LogP contribution in [0.5, 0.6) is 0 Å². The maximum Gasteiger partial charge on any atom is 1.00 e. The summed E-state index contributed by atoms with van der Waals surface area (Å²) in [4.78, 5) is 47.3. The molecule has 0 aliphatic heterocycles. The van der Waals surface area contributed by atoms with Crippen LogP contribution in [0.4, 0.5) is 0 Å². The number of rotatable bonds is 13. The van der Waals surface area contributed by atoms with Crippen LogP contribution in [0.3, 0.4) is 0 Å². The summed E-state index contributed by atoms with van der Waals surface area (Å²) in [6.45, 7) is 3.48. The summed E-state index contributed by atoms with van der Waals surface area (Å²) in [5, 5.41) is 33.4. The summed E-state index contributed by atoms with van der Waals surface area (Å²) in [6.07, 6.45) is 6.85. The van der Waals surface area contributed by atoms with E-state index in [1.54, 1.807) is 6.08 Å². The van der Waals surface area contributed by atoms with Crippen molar-refractivity contribution in [3.05, 3.63) is 11.6 Å². The van der Waals surface area contributed by atoms with Gasteiger partial charge in [-0.25, -0.2) is 0 Å². The SMILES string of the molecule is CS(=O)(=O)OCCCCOS(C)(=O)=O.C[C@]12CCC(=O)C=C1CC[C@@H]1[C@@H]2[C@@H](O)C[C@@]2(C)[C@H]1CC[C@]2(O)C(=O)COC(=O)CCC(=O)[O-].[Na+]. The number of unbranched alkanes of at least 4 members (excludes halogenated alkanes) is 1. The Hall–Kier alpha value is -1.24. The Morgan fingerprint density at radius 3 is 2.08 bits per heavy atom. The molecule has 0 bridgehead atoms. The number of aliphatic carboxylic acids is 1. The molecule has 3 saturated carbocycles. The Morgan fingerprint density at radius 1 is 0.958 bits per heavy atom. The van der Waals surface area contributed by atoms with Gasteiger partial charge in [-0.15, -0.1) is 0 Å².